The van der Waals surface area contributed by atoms with E-state index in [0.29, 0.717) is 6.61 Å². The molecule has 1 saturated carbocycles. The molecular formula is C12H22N2O3. The quantitative estimate of drug-likeness (QED) is 0.732. The predicted octanol–water partition coefficient (Wildman–Crippen LogP) is 1.03. The molecule has 0 bridgehead atoms. The van der Waals surface area contributed by atoms with Crippen LogP contribution in [0.25, 0.3) is 0 Å². The van der Waals surface area contributed by atoms with Crippen LogP contribution < -0.4 is 5.32 Å². The predicted molar refractivity (Wildman–Crippen MR) is 64.8 cm³/mol. The van der Waals surface area contributed by atoms with Crippen molar-refractivity contribution in [1.29, 1.82) is 0 Å². The van der Waals surface area contributed by atoms with Gasteiger partial charge in [-0.3, -0.25) is 0 Å². The molecule has 0 heterocycles. The van der Waals surface area contributed by atoms with E-state index in [4.69, 9.17) is 4.74 Å². The molecule has 1 rings (SSSR count). The van der Waals surface area contributed by atoms with Crippen molar-refractivity contribution < 1.29 is 14.3 Å². The van der Waals surface area contributed by atoms with Crippen molar-refractivity contribution in [1.82, 2.24) is 10.2 Å². The second kappa shape index (κ2) is 7.27. The molecule has 0 aliphatic heterocycles. The van der Waals surface area contributed by atoms with E-state index in [1.165, 1.54) is 0 Å². The third-order valence-corrected chi connectivity index (χ3v) is 3.06. The summed E-state index contributed by atoms with van der Waals surface area (Å²) in [5, 5.41) is 2.84. The van der Waals surface area contributed by atoms with Crippen LogP contribution in [0.2, 0.25) is 0 Å². The number of amides is 1. The average molecular weight is 242 g/mol. The van der Waals surface area contributed by atoms with Gasteiger partial charge in [0, 0.05) is 18.5 Å². The van der Waals surface area contributed by atoms with E-state index in [9.17, 15) is 9.59 Å². The Bertz CT molecular complexity index is 248. The summed E-state index contributed by atoms with van der Waals surface area (Å²) in [5.74, 6) is 0.179. The summed E-state index contributed by atoms with van der Waals surface area (Å²) in [5.41, 5.74) is 0. The molecule has 1 amide bonds. The number of carbonyl (C=O) groups is 2. The van der Waals surface area contributed by atoms with Crippen LogP contribution in [-0.2, 0) is 9.53 Å². The van der Waals surface area contributed by atoms with Gasteiger partial charge < -0.3 is 19.7 Å². The molecule has 0 atom stereocenters. The van der Waals surface area contributed by atoms with Gasteiger partial charge in [-0.1, -0.05) is 0 Å². The van der Waals surface area contributed by atoms with Crippen LogP contribution in [0, 0.1) is 5.92 Å². The molecule has 1 fully saturated rings. The van der Waals surface area contributed by atoms with E-state index in [1.54, 1.807) is 0 Å². The zero-order valence-electron chi connectivity index (χ0n) is 10.6. The largest absolute Gasteiger partial charge is 0.448 e. The highest BCUT2D eigenvalue weighted by molar-refractivity contribution is 5.67. The highest BCUT2D eigenvalue weighted by Crippen LogP contribution is 2.22. The first-order valence-electron chi connectivity index (χ1n) is 6.15. The maximum absolute atomic E-state index is 11.4. The van der Waals surface area contributed by atoms with Crippen LogP contribution in [0.4, 0.5) is 4.79 Å². The summed E-state index contributed by atoms with van der Waals surface area (Å²) >= 11 is 0. The van der Waals surface area contributed by atoms with E-state index in [2.05, 4.69) is 5.32 Å². The van der Waals surface area contributed by atoms with Crippen molar-refractivity contribution >= 4 is 12.4 Å². The van der Waals surface area contributed by atoms with E-state index in [1.807, 2.05) is 19.0 Å². The van der Waals surface area contributed by atoms with E-state index >= 15 is 0 Å². The zero-order valence-corrected chi connectivity index (χ0v) is 10.6. The van der Waals surface area contributed by atoms with Crippen molar-refractivity contribution in [3.8, 4) is 0 Å². The summed E-state index contributed by atoms with van der Waals surface area (Å²) < 4.78 is 5.05. The first-order chi connectivity index (χ1) is 8.11. The molecule has 1 N–H and O–H groups in total. The molecule has 0 aromatic heterocycles. The minimum Gasteiger partial charge on any atom is -0.448 e. The summed E-state index contributed by atoms with van der Waals surface area (Å²) in [6.45, 7) is 1.13. The second-order valence-electron chi connectivity index (χ2n) is 4.83. The van der Waals surface area contributed by atoms with Crippen LogP contribution in [0.1, 0.15) is 25.7 Å². The minimum atomic E-state index is -0.346. The Labute approximate surface area is 102 Å². The Hall–Kier alpha value is -1.10. The van der Waals surface area contributed by atoms with Gasteiger partial charge in [-0.25, -0.2) is 4.79 Å². The van der Waals surface area contributed by atoms with Crippen LogP contribution >= 0.6 is 0 Å². The summed E-state index contributed by atoms with van der Waals surface area (Å²) in [7, 11) is 3.87. The zero-order chi connectivity index (χ0) is 12.7. The molecule has 5 nitrogen and oxygen atoms in total. The fourth-order valence-electron chi connectivity index (χ4n) is 1.93. The number of aldehydes is 1. The number of likely N-dealkylation sites (N-methyl/N-ethyl adjacent to an activating group) is 1. The van der Waals surface area contributed by atoms with Crippen molar-refractivity contribution in [2.75, 3.05) is 27.2 Å². The van der Waals surface area contributed by atoms with Gasteiger partial charge in [-0.15, -0.1) is 0 Å². The Kier molecular flexibility index (Phi) is 5.97. The molecule has 0 saturated heterocycles. The average Bonchev–Trinajstić information content (AvgIpc) is 2.29. The SMILES string of the molecule is CN(C)CCOC(=O)NC1CCC(C=O)CC1. The molecule has 1 aliphatic carbocycles. The molecule has 5 heteroatoms. The maximum atomic E-state index is 11.4. The molecule has 0 unspecified atom stereocenters. The van der Waals surface area contributed by atoms with Gasteiger partial charge in [0.25, 0.3) is 0 Å². The second-order valence-corrected chi connectivity index (χ2v) is 4.83. The highest BCUT2D eigenvalue weighted by Gasteiger charge is 2.22. The van der Waals surface area contributed by atoms with E-state index in [-0.39, 0.29) is 18.1 Å². The van der Waals surface area contributed by atoms with Gasteiger partial charge in [-0.05, 0) is 39.8 Å². The fourth-order valence-corrected chi connectivity index (χ4v) is 1.93. The van der Waals surface area contributed by atoms with Gasteiger partial charge >= 0.3 is 6.09 Å². The number of ether oxygens (including phenoxy) is 1. The molecule has 1 aliphatic rings. The number of carbonyl (C=O) groups excluding carboxylic acids is 2. The lowest BCUT2D eigenvalue weighted by Crippen LogP contribution is -2.38. The maximum Gasteiger partial charge on any atom is 0.407 e. The number of alkyl carbamates (subject to hydrolysis) is 1. The molecule has 98 valence electrons. The van der Waals surface area contributed by atoms with Crippen LogP contribution in [0.5, 0.6) is 0 Å². The lowest BCUT2D eigenvalue weighted by molar-refractivity contribution is -0.111. The van der Waals surface area contributed by atoms with Gasteiger partial charge in [-0.2, -0.15) is 0 Å². The number of nitrogens with zero attached hydrogens (tertiary/aromatic N) is 1. The third-order valence-electron chi connectivity index (χ3n) is 3.06. The molecular weight excluding hydrogens is 220 g/mol. The highest BCUT2D eigenvalue weighted by atomic mass is 16.5. The van der Waals surface area contributed by atoms with Crippen LogP contribution in [0.15, 0.2) is 0 Å². The lowest BCUT2D eigenvalue weighted by Gasteiger charge is -2.25. The van der Waals surface area contributed by atoms with E-state index in [0.717, 1.165) is 38.5 Å². The van der Waals surface area contributed by atoms with Crippen molar-refractivity contribution in [3.63, 3.8) is 0 Å². The molecule has 0 radical (unpaired) electrons. The molecule has 0 aromatic carbocycles. The van der Waals surface area contributed by atoms with Gasteiger partial charge in [0.05, 0.1) is 0 Å². The monoisotopic (exact) mass is 242 g/mol. The topological polar surface area (TPSA) is 58.6 Å². The lowest BCUT2D eigenvalue weighted by atomic mass is 9.87. The number of rotatable bonds is 5. The normalized spacial score (nSPS) is 24.4. The summed E-state index contributed by atoms with van der Waals surface area (Å²) in [6.07, 6.45) is 4.14. The summed E-state index contributed by atoms with van der Waals surface area (Å²) in [6, 6.07) is 0.165. The van der Waals surface area contributed by atoms with Crippen LogP contribution in [0.3, 0.4) is 0 Å². The minimum absolute atomic E-state index is 0.165. The molecule has 0 aromatic rings. The Balaban J connectivity index is 2.12. The fraction of sp³-hybridized carbons (Fsp3) is 0.833. The molecule has 17 heavy (non-hydrogen) atoms. The smallest absolute Gasteiger partial charge is 0.407 e. The van der Waals surface area contributed by atoms with Crippen molar-refractivity contribution in [3.05, 3.63) is 0 Å². The standard InChI is InChI=1S/C12H22N2O3/c1-14(2)7-8-17-12(16)13-11-5-3-10(9-15)4-6-11/h9-11H,3-8H2,1-2H3,(H,13,16). The molecule has 0 spiro atoms. The van der Waals surface area contributed by atoms with Crippen LogP contribution in [-0.4, -0.2) is 50.6 Å². The first-order valence-corrected chi connectivity index (χ1v) is 6.15. The number of hydrogen-bond donors (Lipinski definition) is 1. The van der Waals surface area contributed by atoms with Gasteiger partial charge in [0.2, 0.25) is 0 Å². The summed E-state index contributed by atoms with van der Waals surface area (Å²) in [4.78, 5) is 24.0. The Morgan fingerprint density at radius 2 is 2.00 bits per heavy atom. The Morgan fingerprint density at radius 3 is 2.53 bits per heavy atom. The van der Waals surface area contributed by atoms with Crippen molar-refractivity contribution in [2.45, 2.75) is 31.7 Å². The Morgan fingerprint density at radius 1 is 1.35 bits per heavy atom. The third kappa shape index (κ3) is 5.68. The number of nitrogens with one attached hydrogen (secondary N) is 1. The van der Waals surface area contributed by atoms with Gasteiger partial charge in [0.1, 0.15) is 12.9 Å². The first kappa shape index (κ1) is 14.0. The number of hydrogen-bond acceptors (Lipinski definition) is 4. The van der Waals surface area contributed by atoms with Gasteiger partial charge in [0.15, 0.2) is 0 Å². The van der Waals surface area contributed by atoms with Crippen molar-refractivity contribution in [2.24, 2.45) is 5.92 Å². The van der Waals surface area contributed by atoms with E-state index < -0.39 is 0 Å².